The first-order valence-corrected chi connectivity index (χ1v) is 23.4. The predicted octanol–water partition coefficient (Wildman–Crippen LogP) is 17.8. The molecule has 3 aliphatic rings. The van der Waals surface area contributed by atoms with E-state index in [1.165, 1.54) is 99.3 Å². The van der Waals surface area contributed by atoms with Crippen molar-refractivity contribution < 1.29 is 0 Å². The molecule has 0 bridgehead atoms. The first kappa shape index (κ1) is 39.7. The number of rotatable bonds is 3. The van der Waals surface area contributed by atoms with Crippen LogP contribution in [-0.2, 0) is 21.7 Å². The molecular weight excluding hydrogens is 783 g/mol. The van der Waals surface area contributed by atoms with Crippen LogP contribution in [0.15, 0.2) is 146 Å². The van der Waals surface area contributed by atoms with Gasteiger partial charge in [-0.1, -0.05) is 167 Å². The molecule has 0 radical (unpaired) electrons. The fraction of sp³-hybridized carbons (Fsp3) is 0.254. The topological polar surface area (TPSA) is 9.72 Å². The summed E-state index contributed by atoms with van der Waals surface area (Å²) in [7, 11) is 0. The van der Waals surface area contributed by atoms with Gasteiger partial charge in [-0.05, 0) is 115 Å². The Bertz CT molecular complexity index is 3130. The molecular formula is C59H57N3S. The van der Waals surface area contributed by atoms with E-state index in [9.17, 15) is 0 Å². The number of hydrogen-bond acceptors (Lipinski definition) is 4. The normalized spacial score (nSPS) is 14.9. The van der Waals surface area contributed by atoms with Gasteiger partial charge in [-0.25, -0.2) is 0 Å². The molecule has 63 heavy (non-hydrogen) atoms. The van der Waals surface area contributed by atoms with Gasteiger partial charge in [-0.3, -0.25) is 4.90 Å². The van der Waals surface area contributed by atoms with Gasteiger partial charge >= 0.3 is 0 Å². The maximum absolute atomic E-state index is 2.64. The first-order chi connectivity index (χ1) is 29.9. The zero-order chi connectivity index (χ0) is 44.0. The standard InChI is InChI=1S/C59H57N3S/c1-56(2,3)37-21-26-40(27-22-37)60-48-31-25-39(58(7,8)9)33-50(48)62-54-49(32-30-42(52(54)60)36-17-13-12-14-18-36)61(41-28-23-38(24-29-41)57(4,5)6)53-45-34-44-43-19-15-16-20-46(43)59(10,11)47(44)35-51(45)63-55(53)62/h12-35H,1-11H3. The number of hydrogen-bond donors (Lipinski definition) is 0. The molecule has 1 aromatic heterocycles. The van der Waals surface area contributed by atoms with Crippen LogP contribution in [0.4, 0.5) is 50.5 Å². The fourth-order valence-corrected chi connectivity index (χ4v) is 11.6. The minimum atomic E-state index is -0.101. The maximum atomic E-state index is 2.64. The van der Waals surface area contributed by atoms with E-state index in [1.807, 2.05) is 11.3 Å². The second-order valence-electron chi connectivity index (χ2n) is 21.6. The lowest BCUT2D eigenvalue weighted by Crippen LogP contribution is -2.30. The molecule has 0 N–H and O–H groups in total. The van der Waals surface area contributed by atoms with Crippen molar-refractivity contribution in [2.45, 2.75) is 97.8 Å². The summed E-state index contributed by atoms with van der Waals surface area (Å²) < 4.78 is 1.31. The third-order valence-electron chi connectivity index (χ3n) is 14.0. The minimum absolute atomic E-state index is 0.0340. The van der Waals surface area contributed by atoms with Gasteiger partial charge < -0.3 is 9.80 Å². The summed E-state index contributed by atoms with van der Waals surface area (Å²) in [4.78, 5) is 7.79. The summed E-state index contributed by atoms with van der Waals surface area (Å²) in [5.41, 5.74) is 21.3. The Kier molecular flexibility index (Phi) is 8.48. The van der Waals surface area contributed by atoms with Crippen molar-refractivity contribution in [3.8, 4) is 22.3 Å². The van der Waals surface area contributed by atoms with Crippen LogP contribution in [0.3, 0.4) is 0 Å². The summed E-state index contributed by atoms with van der Waals surface area (Å²) in [5, 5.41) is 2.53. The number of benzene rings is 7. The molecule has 3 nitrogen and oxygen atoms in total. The molecule has 3 heterocycles. The van der Waals surface area contributed by atoms with Crippen molar-refractivity contribution in [1.29, 1.82) is 0 Å². The molecule has 7 aromatic carbocycles. The van der Waals surface area contributed by atoms with E-state index in [0.717, 1.165) is 11.4 Å². The van der Waals surface area contributed by atoms with Crippen molar-refractivity contribution in [3.05, 3.63) is 173 Å². The largest absolute Gasteiger partial charge is 0.306 e. The molecule has 0 fully saturated rings. The quantitative estimate of drug-likeness (QED) is 0.175. The highest BCUT2D eigenvalue weighted by Gasteiger charge is 2.44. The van der Waals surface area contributed by atoms with Crippen molar-refractivity contribution in [2.24, 2.45) is 0 Å². The number of thiophene rings is 1. The summed E-state index contributed by atoms with van der Waals surface area (Å²) in [6.07, 6.45) is 0. The lowest BCUT2D eigenvalue weighted by Gasteiger charge is -2.47. The second kappa shape index (κ2) is 13.5. The van der Waals surface area contributed by atoms with E-state index in [2.05, 4.69) is 236 Å². The Hall–Kier alpha value is -6.10. The minimum Gasteiger partial charge on any atom is -0.306 e. The van der Waals surface area contributed by atoms with E-state index in [1.54, 1.807) is 0 Å². The van der Waals surface area contributed by atoms with Crippen molar-refractivity contribution in [3.63, 3.8) is 0 Å². The van der Waals surface area contributed by atoms with Crippen LogP contribution < -0.4 is 14.7 Å². The Morgan fingerprint density at radius 1 is 0.413 bits per heavy atom. The third-order valence-corrected chi connectivity index (χ3v) is 15.1. The monoisotopic (exact) mass is 839 g/mol. The van der Waals surface area contributed by atoms with E-state index < -0.39 is 0 Å². The van der Waals surface area contributed by atoms with Crippen LogP contribution in [0.2, 0.25) is 0 Å². The third kappa shape index (κ3) is 5.97. The van der Waals surface area contributed by atoms with Gasteiger partial charge in [-0.15, -0.1) is 11.3 Å². The van der Waals surface area contributed by atoms with Gasteiger partial charge in [0.25, 0.3) is 0 Å². The first-order valence-electron chi connectivity index (χ1n) is 22.6. The molecule has 2 aliphatic heterocycles. The summed E-state index contributed by atoms with van der Waals surface area (Å²) >= 11 is 1.94. The zero-order valence-electron chi connectivity index (χ0n) is 38.6. The van der Waals surface area contributed by atoms with E-state index in [0.29, 0.717) is 0 Å². The Balaban J connectivity index is 1.27. The van der Waals surface area contributed by atoms with E-state index >= 15 is 0 Å². The highest BCUT2D eigenvalue weighted by Crippen LogP contribution is 2.68. The average Bonchev–Trinajstić information content (AvgIpc) is 3.73. The lowest BCUT2D eigenvalue weighted by atomic mass is 9.82. The highest BCUT2D eigenvalue weighted by atomic mass is 32.1. The van der Waals surface area contributed by atoms with Gasteiger partial charge in [0, 0.05) is 32.4 Å². The Morgan fingerprint density at radius 3 is 1.59 bits per heavy atom. The van der Waals surface area contributed by atoms with Crippen LogP contribution in [0.5, 0.6) is 0 Å². The smallest absolute Gasteiger partial charge is 0.126 e. The van der Waals surface area contributed by atoms with Crippen LogP contribution in [0.25, 0.3) is 32.3 Å². The summed E-state index contributed by atoms with van der Waals surface area (Å²) in [6, 6.07) is 55.8. The molecule has 1 aliphatic carbocycles. The summed E-state index contributed by atoms with van der Waals surface area (Å²) in [6.45, 7) is 25.6. The number of nitrogens with zero attached hydrogens (tertiary/aromatic N) is 3. The average molecular weight is 840 g/mol. The van der Waals surface area contributed by atoms with Gasteiger partial charge in [0.2, 0.25) is 0 Å². The van der Waals surface area contributed by atoms with Gasteiger partial charge in [0.15, 0.2) is 0 Å². The van der Waals surface area contributed by atoms with Crippen LogP contribution in [0.1, 0.15) is 104 Å². The number of anilines is 9. The molecule has 0 saturated carbocycles. The number of fused-ring (bicyclic) bond motifs is 9. The van der Waals surface area contributed by atoms with Crippen LogP contribution in [0, 0.1) is 0 Å². The molecule has 314 valence electrons. The SMILES string of the molecule is CC(C)(C)c1ccc(N2c3ccc(C(C)(C)C)cc3N3c4sc5cc6c(cc5c4N(c4ccc(C(C)(C)C)cc4)c4ccc(-c5ccccc5)c2c43)-c2ccccc2C6(C)C)cc1. The fourth-order valence-electron chi connectivity index (χ4n) is 10.4. The molecule has 11 rings (SSSR count). The molecule has 0 saturated heterocycles. The molecule has 0 amide bonds. The second-order valence-corrected chi connectivity index (χ2v) is 22.6. The van der Waals surface area contributed by atoms with Gasteiger partial charge in [0.05, 0.1) is 34.1 Å². The zero-order valence-corrected chi connectivity index (χ0v) is 39.4. The lowest BCUT2D eigenvalue weighted by molar-refractivity contribution is 0.590. The molecule has 8 aromatic rings. The Labute approximate surface area is 378 Å². The molecule has 0 atom stereocenters. The molecule has 0 unspecified atom stereocenters. The Morgan fingerprint density at radius 2 is 0.968 bits per heavy atom. The van der Waals surface area contributed by atoms with E-state index in [-0.39, 0.29) is 21.7 Å². The van der Waals surface area contributed by atoms with Crippen molar-refractivity contribution in [2.75, 3.05) is 14.7 Å². The van der Waals surface area contributed by atoms with Crippen molar-refractivity contribution in [1.82, 2.24) is 0 Å². The maximum Gasteiger partial charge on any atom is 0.126 e. The summed E-state index contributed by atoms with van der Waals surface area (Å²) in [5.74, 6) is 0. The van der Waals surface area contributed by atoms with E-state index in [4.69, 9.17) is 0 Å². The predicted molar refractivity (Wildman–Crippen MR) is 272 cm³/mol. The van der Waals surface area contributed by atoms with Crippen molar-refractivity contribution >= 4 is 71.9 Å². The van der Waals surface area contributed by atoms with Gasteiger partial charge in [0.1, 0.15) is 5.00 Å². The molecule has 0 spiro atoms. The molecule has 4 heteroatoms. The highest BCUT2D eigenvalue weighted by molar-refractivity contribution is 7.24. The van der Waals surface area contributed by atoms with Crippen LogP contribution >= 0.6 is 11.3 Å². The van der Waals surface area contributed by atoms with Crippen LogP contribution in [-0.4, -0.2) is 0 Å². The van der Waals surface area contributed by atoms with Gasteiger partial charge in [-0.2, -0.15) is 0 Å².